The molecule has 0 radical (unpaired) electrons. The molecule has 4 unspecified atom stereocenters. The Morgan fingerprint density at radius 3 is 3.10 bits per heavy atom. The molecule has 2 N–H and O–H groups in total. The lowest BCUT2D eigenvalue weighted by atomic mass is 9.90. The maximum atomic E-state index is 11.0. The number of aliphatic hydroxyl groups is 1. The molecule has 0 aromatic rings. The molecule has 5 atom stereocenters. The molecule has 0 saturated carbocycles. The summed E-state index contributed by atoms with van der Waals surface area (Å²) in [5.74, 6) is 0.611. The normalized spacial score (nSPS) is 37.7. The van der Waals surface area contributed by atoms with E-state index >= 15 is 0 Å². The third-order valence-electron chi connectivity index (χ3n) is 5.44. The fraction of sp³-hybridized carbons (Fsp3) is 0.765. The van der Waals surface area contributed by atoms with Crippen molar-refractivity contribution in [1.29, 1.82) is 0 Å². The Balaban J connectivity index is 1.85. The van der Waals surface area contributed by atoms with E-state index in [4.69, 9.17) is 4.74 Å². The van der Waals surface area contributed by atoms with Crippen molar-refractivity contribution in [2.75, 3.05) is 13.7 Å². The molecule has 0 aromatic heterocycles. The zero-order valence-corrected chi connectivity index (χ0v) is 13.4. The lowest BCUT2D eigenvalue weighted by Crippen LogP contribution is -2.47. The van der Waals surface area contributed by atoms with Crippen LogP contribution in [0.2, 0.25) is 0 Å². The molecule has 1 fully saturated rings. The van der Waals surface area contributed by atoms with E-state index in [2.05, 4.69) is 36.2 Å². The van der Waals surface area contributed by atoms with E-state index in [1.807, 2.05) is 0 Å². The molecular weight excluding hydrogens is 264 g/mol. The molecule has 118 valence electrons. The maximum absolute atomic E-state index is 11.0. The lowest BCUT2D eigenvalue weighted by Gasteiger charge is -2.36. The number of methoxy groups -OCH3 is 1. The zero-order valence-electron chi connectivity index (χ0n) is 13.4. The van der Waals surface area contributed by atoms with Gasteiger partial charge in [-0.1, -0.05) is 12.2 Å². The summed E-state index contributed by atoms with van der Waals surface area (Å²) >= 11 is 0. The molecule has 0 spiro atoms. The lowest BCUT2D eigenvalue weighted by molar-refractivity contribution is -0.0118. The number of nitrogens with one attached hydrogen (secondary N) is 1. The Morgan fingerprint density at radius 1 is 1.52 bits per heavy atom. The second kappa shape index (κ2) is 6.11. The molecule has 2 aliphatic heterocycles. The number of ether oxygens (including phenoxy) is 1. The number of hydrogen-bond donors (Lipinski definition) is 2. The van der Waals surface area contributed by atoms with Crippen molar-refractivity contribution >= 4 is 0 Å². The number of rotatable bonds is 3. The van der Waals surface area contributed by atoms with Crippen LogP contribution < -0.4 is 5.32 Å². The van der Waals surface area contributed by atoms with Crippen molar-refractivity contribution in [3.63, 3.8) is 0 Å². The summed E-state index contributed by atoms with van der Waals surface area (Å²) in [4.78, 5) is 2.37. The highest BCUT2D eigenvalue weighted by atomic mass is 16.5. The van der Waals surface area contributed by atoms with Crippen LogP contribution in [0.3, 0.4) is 0 Å². The molecule has 0 bridgehead atoms. The van der Waals surface area contributed by atoms with Gasteiger partial charge in [0.25, 0.3) is 0 Å². The second-order valence-electron chi connectivity index (χ2n) is 6.73. The Kier molecular flexibility index (Phi) is 4.38. The van der Waals surface area contributed by atoms with E-state index in [9.17, 15) is 5.11 Å². The highest BCUT2D eigenvalue weighted by molar-refractivity contribution is 5.22. The highest BCUT2D eigenvalue weighted by Crippen LogP contribution is 2.40. The largest absolute Gasteiger partial charge is 0.387 e. The smallest absolute Gasteiger partial charge is 0.132 e. The first-order chi connectivity index (χ1) is 10.1. The zero-order chi connectivity index (χ0) is 15.0. The van der Waals surface area contributed by atoms with Gasteiger partial charge in [-0.05, 0) is 44.6 Å². The summed E-state index contributed by atoms with van der Waals surface area (Å²) in [5.41, 5.74) is 2.23. The molecular formula is C17H28N2O2. The van der Waals surface area contributed by atoms with Gasteiger partial charge in [0.05, 0.1) is 6.10 Å². The summed E-state index contributed by atoms with van der Waals surface area (Å²) in [7, 11) is 1.73. The van der Waals surface area contributed by atoms with E-state index < -0.39 is 6.23 Å². The molecule has 4 heteroatoms. The van der Waals surface area contributed by atoms with Gasteiger partial charge in [-0.3, -0.25) is 4.90 Å². The summed E-state index contributed by atoms with van der Waals surface area (Å²) in [6, 6.07) is 0.929. The van der Waals surface area contributed by atoms with Crippen LogP contribution in [0.15, 0.2) is 23.4 Å². The van der Waals surface area contributed by atoms with Crippen LogP contribution in [0.1, 0.15) is 39.5 Å². The number of fused-ring (bicyclic) bond motifs is 3. The topological polar surface area (TPSA) is 44.7 Å². The van der Waals surface area contributed by atoms with Crippen LogP contribution in [0.5, 0.6) is 0 Å². The second-order valence-corrected chi connectivity index (χ2v) is 6.73. The van der Waals surface area contributed by atoms with Crippen molar-refractivity contribution in [2.24, 2.45) is 5.92 Å². The average Bonchev–Trinajstić information content (AvgIpc) is 2.82. The number of aliphatic hydroxyl groups excluding tert-OH is 1. The first kappa shape index (κ1) is 15.1. The Morgan fingerprint density at radius 2 is 2.33 bits per heavy atom. The first-order valence-electron chi connectivity index (χ1n) is 8.20. The molecule has 4 nitrogen and oxygen atoms in total. The molecule has 2 heterocycles. The van der Waals surface area contributed by atoms with Crippen LogP contribution in [0.4, 0.5) is 0 Å². The Labute approximate surface area is 127 Å². The van der Waals surface area contributed by atoms with Crippen molar-refractivity contribution in [3.05, 3.63) is 23.4 Å². The van der Waals surface area contributed by atoms with Gasteiger partial charge in [-0.15, -0.1) is 0 Å². The molecule has 1 aliphatic carbocycles. The minimum Gasteiger partial charge on any atom is -0.387 e. The predicted molar refractivity (Wildman–Crippen MR) is 83.7 cm³/mol. The standard InChI is InChI=1S/C17H28N2O2/c1-11(21-3)8-15-12(2)18-10-14-9-13-6-4-5-7-16(13)19(14)17(15)20/h4,6,11,13-14,16-18,20H,5,7-10H2,1-3H3/t11?,13?,14-,16?,17?/m0/s1. The van der Waals surface area contributed by atoms with Crippen LogP contribution in [0, 0.1) is 5.92 Å². The molecule has 3 aliphatic rings. The van der Waals surface area contributed by atoms with E-state index in [1.54, 1.807) is 7.11 Å². The summed E-state index contributed by atoms with van der Waals surface area (Å²) < 4.78 is 5.41. The van der Waals surface area contributed by atoms with Crippen LogP contribution in [-0.2, 0) is 4.74 Å². The first-order valence-corrected chi connectivity index (χ1v) is 8.20. The fourth-order valence-electron chi connectivity index (χ4n) is 4.17. The summed E-state index contributed by atoms with van der Waals surface area (Å²) in [6.07, 6.45) is 8.58. The van der Waals surface area contributed by atoms with Crippen molar-refractivity contribution in [2.45, 2.75) is 63.9 Å². The van der Waals surface area contributed by atoms with Crippen molar-refractivity contribution in [1.82, 2.24) is 10.2 Å². The quantitative estimate of drug-likeness (QED) is 0.781. The van der Waals surface area contributed by atoms with Crippen LogP contribution in [0.25, 0.3) is 0 Å². The molecule has 0 aromatic carbocycles. The van der Waals surface area contributed by atoms with Gasteiger partial charge in [0, 0.05) is 37.9 Å². The fourth-order valence-corrected chi connectivity index (χ4v) is 4.17. The van der Waals surface area contributed by atoms with Gasteiger partial charge in [0.15, 0.2) is 0 Å². The highest BCUT2D eigenvalue weighted by Gasteiger charge is 2.45. The van der Waals surface area contributed by atoms with Gasteiger partial charge in [-0.2, -0.15) is 0 Å². The van der Waals surface area contributed by atoms with Crippen LogP contribution in [-0.4, -0.2) is 48.1 Å². The maximum Gasteiger partial charge on any atom is 0.132 e. The van der Waals surface area contributed by atoms with Gasteiger partial charge in [-0.25, -0.2) is 0 Å². The SMILES string of the molecule is COC(C)CC1=C(C)NC[C@@H]2CC3C=CCCC3N2C1O. The molecule has 21 heavy (non-hydrogen) atoms. The van der Waals surface area contributed by atoms with Crippen LogP contribution >= 0.6 is 0 Å². The Bertz CT molecular complexity index is 446. The van der Waals surface area contributed by atoms with E-state index in [0.29, 0.717) is 18.0 Å². The Hall–Kier alpha value is -0.840. The monoisotopic (exact) mass is 292 g/mol. The van der Waals surface area contributed by atoms with E-state index in [0.717, 1.165) is 37.1 Å². The number of hydrogen-bond acceptors (Lipinski definition) is 4. The molecule has 3 rings (SSSR count). The van der Waals surface area contributed by atoms with Crippen molar-refractivity contribution < 1.29 is 9.84 Å². The molecule has 0 amide bonds. The van der Waals surface area contributed by atoms with Gasteiger partial charge >= 0.3 is 0 Å². The summed E-state index contributed by atoms with van der Waals surface area (Å²) in [5, 5.41) is 14.6. The third kappa shape index (κ3) is 2.77. The average molecular weight is 292 g/mol. The predicted octanol–water partition coefficient (Wildman–Crippen LogP) is 2.02. The number of nitrogens with zero attached hydrogens (tertiary/aromatic N) is 1. The minimum atomic E-state index is -0.468. The molecule has 1 saturated heterocycles. The van der Waals surface area contributed by atoms with Gasteiger partial charge < -0.3 is 15.2 Å². The van der Waals surface area contributed by atoms with Gasteiger partial charge in [0.2, 0.25) is 0 Å². The van der Waals surface area contributed by atoms with E-state index in [-0.39, 0.29) is 6.10 Å². The third-order valence-corrected chi connectivity index (χ3v) is 5.44. The van der Waals surface area contributed by atoms with E-state index in [1.165, 1.54) is 6.42 Å². The summed E-state index contributed by atoms with van der Waals surface area (Å²) in [6.45, 7) is 5.08. The van der Waals surface area contributed by atoms with Crippen molar-refractivity contribution in [3.8, 4) is 0 Å². The van der Waals surface area contributed by atoms with Gasteiger partial charge in [0.1, 0.15) is 6.23 Å². The number of allylic oxidation sites excluding steroid dienone is 2. The minimum absolute atomic E-state index is 0.132.